The summed E-state index contributed by atoms with van der Waals surface area (Å²) in [5.74, 6) is 0.00343. The maximum atomic E-state index is 11.9. The Balaban J connectivity index is 2.26. The first kappa shape index (κ1) is 11.1. The highest BCUT2D eigenvalue weighted by molar-refractivity contribution is 6.05. The lowest BCUT2D eigenvalue weighted by molar-refractivity contribution is 0.101. The molecule has 0 aliphatic carbocycles. The van der Waals surface area contributed by atoms with E-state index in [1.807, 2.05) is 0 Å². The standard InChI is InChI=1S/C9H12N6O2/c1-4-6(10)7(15(3)13-4)8(16)12-9-11-5(2)14-17-9/h10H2,1-3H3,(H,11,12,14,16). The topological polar surface area (TPSA) is 112 Å². The summed E-state index contributed by atoms with van der Waals surface area (Å²) in [5, 5.41) is 10.1. The summed E-state index contributed by atoms with van der Waals surface area (Å²) >= 11 is 0. The number of rotatable bonds is 2. The van der Waals surface area contributed by atoms with E-state index in [9.17, 15) is 4.79 Å². The number of nitrogens with zero attached hydrogens (tertiary/aromatic N) is 4. The quantitative estimate of drug-likeness (QED) is 0.773. The van der Waals surface area contributed by atoms with Crippen LogP contribution in [0, 0.1) is 13.8 Å². The third kappa shape index (κ3) is 1.96. The van der Waals surface area contributed by atoms with Crippen LogP contribution in [0.25, 0.3) is 0 Å². The van der Waals surface area contributed by atoms with Gasteiger partial charge in [0.2, 0.25) is 0 Å². The normalized spacial score (nSPS) is 10.5. The second kappa shape index (κ2) is 3.89. The van der Waals surface area contributed by atoms with Crippen LogP contribution in [-0.4, -0.2) is 25.8 Å². The van der Waals surface area contributed by atoms with Crippen molar-refractivity contribution in [1.82, 2.24) is 19.9 Å². The van der Waals surface area contributed by atoms with E-state index in [0.29, 0.717) is 17.2 Å². The maximum Gasteiger partial charge on any atom is 0.328 e. The minimum atomic E-state index is -0.436. The molecule has 2 rings (SSSR count). The van der Waals surface area contributed by atoms with Crippen molar-refractivity contribution in [1.29, 1.82) is 0 Å². The second-order valence-electron chi connectivity index (χ2n) is 3.57. The predicted molar refractivity (Wildman–Crippen MR) is 59.3 cm³/mol. The second-order valence-corrected chi connectivity index (χ2v) is 3.57. The minimum absolute atomic E-state index is 0.0331. The number of hydrogen-bond acceptors (Lipinski definition) is 6. The van der Waals surface area contributed by atoms with Crippen LogP contribution >= 0.6 is 0 Å². The molecule has 8 nitrogen and oxygen atoms in total. The van der Waals surface area contributed by atoms with Gasteiger partial charge in [0, 0.05) is 7.05 Å². The lowest BCUT2D eigenvalue weighted by atomic mass is 10.3. The van der Waals surface area contributed by atoms with Gasteiger partial charge in [0.1, 0.15) is 5.69 Å². The molecule has 2 heterocycles. The molecule has 1 amide bonds. The molecule has 0 atom stereocenters. The number of nitrogens with two attached hydrogens (primary N) is 1. The van der Waals surface area contributed by atoms with Gasteiger partial charge >= 0.3 is 6.01 Å². The van der Waals surface area contributed by atoms with Crippen molar-refractivity contribution < 1.29 is 9.32 Å². The molecule has 0 spiro atoms. The Morgan fingerprint density at radius 3 is 2.65 bits per heavy atom. The molecular formula is C9H12N6O2. The van der Waals surface area contributed by atoms with Crippen LogP contribution in [0.3, 0.4) is 0 Å². The summed E-state index contributed by atoms with van der Waals surface area (Å²) in [6.45, 7) is 3.38. The zero-order valence-corrected chi connectivity index (χ0v) is 9.68. The Kier molecular flexibility index (Phi) is 2.54. The monoisotopic (exact) mass is 236 g/mol. The van der Waals surface area contributed by atoms with E-state index in [0.717, 1.165) is 0 Å². The van der Waals surface area contributed by atoms with E-state index < -0.39 is 5.91 Å². The molecule has 0 aromatic carbocycles. The Bertz CT molecular complexity index is 570. The zero-order chi connectivity index (χ0) is 12.6. The molecule has 0 bridgehead atoms. The van der Waals surface area contributed by atoms with Crippen LogP contribution in [0.2, 0.25) is 0 Å². The Morgan fingerprint density at radius 1 is 1.47 bits per heavy atom. The van der Waals surface area contributed by atoms with Crippen molar-refractivity contribution in [2.45, 2.75) is 13.8 Å². The third-order valence-electron chi connectivity index (χ3n) is 2.23. The average molecular weight is 236 g/mol. The number of aryl methyl sites for hydroxylation is 3. The molecule has 17 heavy (non-hydrogen) atoms. The summed E-state index contributed by atoms with van der Waals surface area (Å²) < 4.78 is 6.19. The number of hydrogen-bond donors (Lipinski definition) is 2. The molecule has 8 heteroatoms. The highest BCUT2D eigenvalue weighted by atomic mass is 16.5. The van der Waals surface area contributed by atoms with Crippen LogP contribution in [0.1, 0.15) is 22.0 Å². The minimum Gasteiger partial charge on any atom is -0.395 e. The molecule has 0 aliphatic heterocycles. The SMILES string of the molecule is Cc1noc(NC(=O)c2c(N)c(C)nn2C)n1. The van der Waals surface area contributed by atoms with Gasteiger partial charge in [-0.1, -0.05) is 5.16 Å². The molecule has 0 fully saturated rings. The van der Waals surface area contributed by atoms with Gasteiger partial charge in [-0.15, -0.1) is 0 Å². The molecule has 2 aromatic heterocycles. The van der Waals surface area contributed by atoms with Crippen LogP contribution in [-0.2, 0) is 7.05 Å². The fourth-order valence-corrected chi connectivity index (χ4v) is 1.45. The zero-order valence-electron chi connectivity index (χ0n) is 9.68. The molecule has 0 saturated heterocycles. The van der Waals surface area contributed by atoms with E-state index in [-0.39, 0.29) is 11.7 Å². The largest absolute Gasteiger partial charge is 0.395 e. The van der Waals surface area contributed by atoms with Gasteiger partial charge in [0.05, 0.1) is 11.4 Å². The van der Waals surface area contributed by atoms with Crippen LogP contribution in [0.4, 0.5) is 11.7 Å². The van der Waals surface area contributed by atoms with Crippen molar-refractivity contribution in [2.75, 3.05) is 11.1 Å². The van der Waals surface area contributed by atoms with E-state index >= 15 is 0 Å². The number of nitrogens with one attached hydrogen (secondary N) is 1. The molecule has 0 radical (unpaired) electrons. The van der Waals surface area contributed by atoms with Crippen molar-refractivity contribution in [3.8, 4) is 0 Å². The predicted octanol–water partition coefficient (Wildman–Crippen LogP) is 0.254. The Morgan fingerprint density at radius 2 is 2.18 bits per heavy atom. The van der Waals surface area contributed by atoms with Gasteiger partial charge in [-0.2, -0.15) is 10.1 Å². The molecular weight excluding hydrogens is 224 g/mol. The summed E-state index contributed by atoms with van der Waals surface area (Å²) in [4.78, 5) is 15.8. The van der Waals surface area contributed by atoms with E-state index in [2.05, 4.69) is 20.6 Å². The highest BCUT2D eigenvalue weighted by Crippen LogP contribution is 2.16. The first-order chi connectivity index (χ1) is 7.99. The lowest BCUT2D eigenvalue weighted by Gasteiger charge is -2.01. The van der Waals surface area contributed by atoms with Gasteiger partial charge in [-0.3, -0.25) is 14.8 Å². The average Bonchev–Trinajstić information content (AvgIpc) is 2.73. The number of aromatic nitrogens is 4. The fraction of sp³-hybridized carbons (Fsp3) is 0.333. The van der Waals surface area contributed by atoms with Crippen molar-refractivity contribution in [3.05, 3.63) is 17.2 Å². The molecule has 0 saturated carbocycles. The molecule has 90 valence electrons. The number of anilines is 2. The van der Waals surface area contributed by atoms with Gasteiger partial charge in [0.25, 0.3) is 5.91 Å². The van der Waals surface area contributed by atoms with Gasteiger partial charge in [0.15, 0.2) is 5.82 Å². The number of carbonyl (C=O) groups is 1. The van der Waals surface area contributed by atoms with Gasteiger partial charge in [-0.25, -0.2) is 0 Å². The summed E-state index contributed by atoms with van der Waals surface area (Å²) in [6.07, 6.45) is 0. The molecule has 2 aromatic rings. The van der Waals surface area contributed by atoms with Crippen LogP contribution < -0.4 is 11.1 Å². The fourth-order valence-electron chi connectivity index (χ4n) is 1.45. The number of carbonyl (C=O) groups excluding carboxylic acids is 1. The van der Waals surface area contributed by atoms with Crippen LogP contribution in [0.15, 0.2) is 4.52 Å². The first-order valence-corrected chi connectivity index (χ1v) is 4.89. The highest BCUT2D eigenvalue weighted by Gasteiger charge is 2.19. The van der Waals surface area contributed by atoms with Gasteiger partial charge in [-0.05, 0) is 13.8 Å². The van der Waals surface area contributed by atoms with Crippen molar-refractivity contribution >= 4 is 17.6 Å². The van der Waals surface area contributed by atoms with Crippen LogP contribution in [0.5, 0.6) is 0 Å². The Hall–Kier alpha value is -2.38. The molecule has 0 unspecified atom stereocenters. The van der Waals surface area contributed by atoms with E-state index in [1.165, 1.54) is 4.68 Å². The summed E-state index contributed by atoms with van der Waals surface area (Å²) in [7, 11) is 1.64. The summed E-state index contributed by atoms with van der Waals surface area (Å²) in [6, 6.07) is 0.0331. The third-order valence-corrected chi connectivity index (χ3v) is 2.23. The van der Waals surface area contributed by atoms with E-state index in [4.69, 9.17) is 10.3 Å². The maximum absolute atomic E-state index is 11.9. The molecule has 0 aliphatic rings. The molecule has 3 N–H and O–H groups in total. The van der Waals surface area contributed by atoms with Crippen molar-refractivity contribution in [3.63, 3.8) is 0 Å². The lowest BCUT2D eigenvalue weighted by Crippen LogP contribution is -2.17. The smallest absolute Gasteiger partial charge is 0.328 e. The van der Waals surface area contributed by atoms with E-state index in [1.54, 1.807) is 20.9 Å². The van der Waals surface area contributed by atoms with Crippen molar-refractivity contribution in [2.24, 2.45) is 7.05 Å². The summed E-state index contributed by atoms with van der Waals surface area (Å²) in [5.41, 5.74) is 6.95. The van der Waals surface area contributed by atoms with Gasteiger partial charge < -0.3 is 10.3 Å². The number of nitrogen functional groups attached to an aromatic ring is 1. The number of amides is 1. The Labute approximate surface area is 96.8 Å². The first-order valence-electron chi connectivity index (χ1n) is 4.89.